The Balaban J connectivity index is 1.88. The van der Waals surface area contributed by atoms with Crippen LogP contribution in [0.2, 0.25) is 0 Å². The van der Waals surface area contributed by atoms with Gasteiger partial charge in [-0.2, -0.15) is 9.79 Å². The van der Waals surface area contributed by atoms with E-state index in [-0.39, 0.29) is 5.75 Å². The van der Waals surface area contributed by atoms with Crippen molar-refractivity contribution in [3.05, 3.63) is 22.8 Å². The molecule has 2 heterocycles. The lowest BCUT2D eigenvalue weighted by Gasteiger charge is -2.35. The van der Waals surface area contributed by atoms with Crippen LogP contribution in [0.15, 0.2) is 22.8 Å². The average Bonchev–Trinajstić information content (AvgIpc) is 2.67. The molecule has 1 aromatic heterocycles. The molecule has 2 rings (SSSR count). The van der Waals surface area contributed by atoms with E-state index in [0.29, 0.717) is 32.6 Å². The predicted molar refractivity (Wildman–Crippen MR) is 110 cm³/mol. The van der Waals surface area contributed by atoms with Gasteiger partial charge in [-0.15, -0.1) is 5.92 Å². The van der Waals surface area contributed by atoms with Crippen molar-refractivity contribution in [3.63, 3.8) is 0 Å². The molecule has 150 valence electrons. The Bertz CT molecular complexity index is 738. The van der Waals surface area contributed by atoms with Crippen LogP contribution < -0.4 is 10.4 Å². The summed E-state index contributed by atoms with van der Waals surface area (Å²) in [5.41, 5.74) is 2.02. The van der Waals surface area contributed by atoms with E-state index in [0.717, 1.165) is 29.6 Å². The van der Waals surface area contributed by atoms with Gasteiger partial charge in [0.15, 0.2) is 0 Å². The zero-order valence-electron chi connectivity index (χ0n) is 15.6. The van der Waals surface area contributed by atoms with Crippen molar-refractivity contribution in [1.29, 1.82) is 0 Å². The molecule has 0 radical (unpaired) electrons. The average molecular weight is 459 g/mol. The maximum atomic E-state index is 12.6. The van der Waals surface area contributed by atoms with Gasteiger partial charge in [0, 0.05) is 43.3 Å². The Morgan fingerprint density at radius 1 is 1.30 bits per heavy atom. The molecule has 0 aliphatic carbocycles. The normalized spacial score (nSPS) is 16.6. The van der Waals surface area contributed by atoms with Gasteiger partial charge in [0.1, 0.15) is 11.9 Å². The van der Waals surface area contributed by atoms with E-state index in [1.807, 2.05) is 17.6 Å². The Kier molecular flexibility index (Phi) is 8.99. The van der Waals surface area contributed by atoms with Crippen LogP contribution in [-0.4, -0.2) is 60.9 Å². The molecule has 27 heavy (non-hydrogen) atoms. The van der Waals surface area contributed by atoms with Crippen molar-refractivity contribution in [2.75, 3.05) is 36.8 Å². The van der Waals surface area contributed by atoms with Gasteiger partial charge < -0.3 is 10.1 Å². The molecular formula is C18H27BrN4O3S. The van der Waals surface area contributed by atoms with Gasteiger partial charge in [0.05, 0.1) is 5.75 Å². The fourth-order valence-electron chi connectivity index (χ4n) is 2.84. The largest absolute Gasteiger partial charge is 0.354 e. The number of hydrogen-bond donors (Lipinski definition) is 2. The second-order valence-electron chi connectivity index (χ2n) is 6.46. The van der Waals surface area contributed by atoms with Gasteiger partial charge >= 0.3 is 0 Å². The number of aromatic nitrogens is 1. The van der Waals surface area contributed by atoms with Gasteiger partial charge in [-0.3, -0.25) is 0 Å². The summed E-state index contributed by atoms with van der Waals surface area (Å²) in [6.45, 7) is 4.05. The lowest BCUT2D eigenvalue weighted by atomic mass is 10.2. The Hall–Kier alpha value is -1.18. The van der Waals surface area contributed by atoms with Gasteiger partial charge in [-0.25, -0.2) is 13.4 Å². The lowest BCUT2D eigenvalue weighted by Crippen LogP contribution is -2.51. The molecule has 1 atom stereocenters. The maximum Gasteiger partial charge on any atom is 0.216 e. The highest BCUT2D eigenvalue weighted by atomic mass is 79.9. The first-order valence-electron chi connectivity index (χ1n) is 9.18. The number of piperazine rings is 1. The maximum absolute atomic E-state index is 12.6. The first kappa shape index (κ1) is 22.1. The minimum Gasteiger partial charge on any atom is -0.354 e. The third kappa shape index (κ3) is 7.05. The van der Waals surface area contributed by atoms with Gasteiger partial charge in [0.25, 0.3) is 0 Å². The molecule has 2 N–H and O–H groups in total. The van der Waals surface area contributed by atoms with Crippen LogP contribution in [0.3, 0.4) is 0 Å². The van der Waals surface area contributed by atoms with Crippen LogP contribution >= 0.6 is 15.9 Å². The highest BCUT2D eigenvalue weighted by molar-refractivity contribution is 9.10. The van der Waals surface area contributed by atoms with Crippen LogP contribution in [0.25, 0.3) is 0 Å². The van der Waals surface area contributed by atoms with Crippen molar-refractivity contribution in [2.24, 2.45) is 0 Å². The van der Waals surface area contributed by atoms with Crippen molar-refractivity contribution in [1.82, 2.24) is 14.8 Å². The molecule has 1 aliphatic rings. The molecule has 0 aromatic carbocycles. The number of anilines is 1. The molecule has 1 unspecified atom stereocenters. The highest BCUT2D eigenvalue weighted by Gasteiger charge is 2.29. The molecule has 1 fully saturated rings. The smallest absolute Gasteiger partial charge is 0.216 e. The summed E-state index contributed by atoms with van der Waals surface area (Å²) in [6.07, 6.45) is 5.64. The monoisotopic (exact) mass is 458 g/mol. The predicted octanol–water partition coefficient (Wildman–Crippen LogP) is 2.23. The summed E-state index contributed by atoms with van der Waals surface area (Å²) in [4.78, 5) is 6.42. The minimum absolute atomic E-state index is 0.235. The van der Waals surface area contributed by atoms with Crippen molar-refractivity contribution >= 4 is 31.8 Å². The quantitative estimate of drug-likeness (QED) is 0.352. The zero-order valence-corrected chi connectivity index (χ0v) is 18.0. The number of rotatable bonds is 8. The summed E-state index contributed by atoms with van der Waals surface area (Å²) in [5.74, 6) is 6.38. The Morgan fingerprint density at radius 2 is 2.04 bits per heavy atom. The van der Waals surface area contributed by atoms with E-state index < -0.39 is 16.1 Å². The SMILES string of the molecule is CCCCCC#CC(CS(=O)(=O)N1CCN(c2ccc(Br)cn2)CC1)NO. The topological polar surface area (TPSA) is 85.8 Å². The van der Waals surface area contributed by atoms with Crippen molar-refractivity contribution in [3.8, 4) is 11.8 Å². The highest BCUT2D eigenvalue weighted by Crippen LogP contribution is 2.18. The number of nitrogens with zero attached hydrogens (tertiary/aromatic N) is 3. The second kappa shape index (κ2) is 11.0. The molecule has 0 saturated carbocycles. The summed E-state index contributed by atoms with van der Waals surface area (Å²) in [6, 6.07) is 3.05. The van der Waals surface area contributed by atoms with Crippen LogP contribution in [0.4, 0.5) is 5.82 Å². The van der Waals surface area contributed by atoms with E-state index in [1.54, 1.807) is 6.20 Å². The summed E-state index contributed by atoms with van der Waals surface area (Å²) < 4.78 is 27.7. The third-order valence-electron chi connectivity index (χ3n) is 4.38. The standard InChI is InChI=1S/C18H27BrN4O3S/c1-2-3-4-5-6-7-17(21-24)15-27(25,26)23-12-10-22(11-13-23)18-9-8-16(19)14-20-18/h8-9,14,17,21,24H,2-5,10-13,15H2,1H3. The van der Waals surface area contributed by atoms with E-state index in [9.17, 15) is 13.6 Å². The molecule has 0 bridgehead atoms. The van der Waals surface area contributed by atoms with Crippen LogP contribution in [0.5, 0.6) is 0 Å². The first-order valence-corrected chi connectivity index (χ1v) is 11.6. The van der Waals surface area contributed by atoms with Crippen molar-refractivity contribution in [2.45, 2.75) is 38.6 Å². The van der Waals surface area contributed by atoms with E-state index in [2.05, 4.69) is 44.6 Å². The number of pyridine rings is 1. The van der Waals surface area contributed by atoms with Crippen LogP contribution in [0.1, 0.15) is 32.6 Å². The van der Waals surface area contributed by atoms with Gasteiger partial charge in [0.2, 0.25) is 10.0 Å². The van der Waals surface area contributed by atoms with E-state index >= 15 is 0 Å². The number of nitrogens with one attached hydrogen (secondary N) is 1. The lowest BCUT2D eigenvalue weighted by molar-refractivity contribution is 0.153. The molecule has 1 aliphatic heterocycles. The minimum atomic E-state index is -3.50. The fraction of sp³-hybridized carbons (Fsp3) is 0.611. The summed E-state index contributed by atoms with van der Waals surface area (Å²) in [7, 11) is -3.50. The summed E-state index contributed by atoms with van der Waals surface area (Å²) >= 11 is 3.36. The van der Waals surface area contributed by atoms with Crippen molar-refractivity contribution < 1.29 is 13.6 Å². The molecule has 1 aromatic rings. The van der Waals surface area contributed by atoms with E-state index in [4.69, 9.17) is 0 Å². The number of hydrogen-bond acceptors (Lipinski definition) is 6. The first-order chi connectivity index (χ1) is 13.0. The number of hydroxylamine groups is 1. The van der Waals surface area contributed by atoms with Gasteiger partial charge in [-0.1, -0.05) is 25.7 Å². The molecule has 7 nitrogen and oxygen atoms in total. The van der Waals surface area contributed by atoms with Gasteiger partial charge in [-0.05, 0) is 34.5 Å². The third-order valence-corrected chi connectivity index (χ3v) is 6.76. The number of unbranched alkanes of at least 4 members (excludes halogenated alkanes) is 3. The second-order valence-corrected chi connectivity index (χ2v) is 9.39. The Morgan fingerprint density at radius 3 is 2.63 bits per heavy atom. The molecule has 1 saturated heterocycles. The summed E-state index contributed by atoms with van der Waals surface area (Å²) in [5, 5.41) is 9.25. The fourth-order valence-corrected chi connectivity index (χ4v) is 4.58. The Labute approximate surface area is 170 Å². The molecule has 0 amide bonds. The van der Waals surface area contributed by atoms with Crippen LogP contribution in [-0.2, 0) is 10.0 Å². The van der Waals surface area contributed by atoms with E-state index in [1.165, 1.54) is 4.31 Å². The van der Waals surface area contributed by atoms with Crippen LogP contribution in [0, 0.1) is 11.8 Å². The zero-order chi connectivity index (χ0) is 19.7. The molecular weight excluding hydrogens is 432 g/mol. The molecule has 0 spiro atoms. The number of sulfonamides is 1. The molecule has 9 heteroatoms. The number of halogens is 1.